The van der Waals surface area contributed by atoms with Gasteiger partial charge in [0.1, 0.15) is 0 Å². The van der Waals surface area contributed by atoms with Crippen molar-refractivity contribution in [3.05, 3.63) is 53.6 Å². The molecule has 0 spiro atoms. The number of carbonyl (C=O) groups is 2. The molecular formula is C22H25NO6. The predicted octanol–water partition coefficient (Wildman–Crippen LogP) is 3.93. The smallest absolute Gasteiger partial charge is 0.338 e. The van der Waals surface area contributed by atoms with E-state index in [0.717, 1.165) is 6.42 Å². The predicted molar refractivity (Wildman–Crippen MR) is 111 cm³/mol. The van der Waals surface area contributed by atoms with Gasteiger partial charge in [-0.1, -0.05) is 6.92 Å². The maximum atomic E-state index is 12.2. The van der Waals surface area contributed by atoms with Gasteiger partial charge >= 0.3 is 5.97 Å². The van der Waals surface area contributed by atoms with Gasteiger partial charge in [-0.15, -0.1) is 0 Å². The van der Waals surface area contributed by atoms with Crippen molar-refractivity contribution in [2.24, 2.45) is 0 Å². The summed E-state index contributed by atoms with van der Waals surface area (Å²) in [4.78, 5) is 24.0. The molecule has 2 aromatic carbocycles. The Morgan fingerprint density at radius 3 is 2.10 bits per heavy atom. The summed E-state index contributed by atoms with van der Waals surface area (Å²) in [5.41, 5.74) is 1.71. The lowest BCUT2D eigenvalue weighted by Crippen LogP contribution is -2.09. The van der Waals surface area contributed by atoms with Gasteiger partial charge in [0.25, 0.3) is 0 Å². The van der Waals surface area contributed by atoms with E-state index in [1.807, 2.05) is 6.92 Å². The Morgan fingerprint density at radius 2 is 1.59 bits per heavy atom. The van der Waals surface area contributed by atoms with Crippen molar-refractivity contribution in [1.82, 2.24) is 0 Å². The third-order valence-corrected chi connectivity index (χ3v) is 3.94. The molecule has 29 heavy (non-hydrogen) atoms. The van der Waals surface area contributed by atoms with Crippen LogP contribution in [0.2, 0.25) is 0 Å². The minimum Gasteiger partial charge on any atom is -0.493 e. The van der Waals surface area contributed by atoms with Crippen molar-refractivity contribution in [3.8, 4) is 17.2 Å². The maximum Gasteiger partial charge on any atom is 0.338 e. The highest BCUT2D eigenvalue weighted by Gasteiger charge is 2.12. The zero-order chi connectivity index (χ0) is 21.2. The Morgan fingerprint density at radius 1 is 0.966 bits per heavy atom. The van der Waals surface area contributed by atoms with Crippen molar-refractivity contribution in [1.29, 1.82) is 0 Å². The van der Waals surface area contributed by atoms with Crippen LogP contribution >= 0.6 is 0 Å². The number of ether oxygens (including phenoxy) is 4. The molecule has 0 bridgehead atoms. The summed E-state index contributed by atoms with van der Waals surface area (Å²) >= 11 is 0. The number of hydrogen-bond acceptors (Lipinski definition) is 6. The topological polar surface area (TPSA) is 83.1 Å². The highest BCUT2D eigenvalue weighted by molar-refractivity contribution is 6.02. The molecule has 0 aliphatic rings. The standard InChI is InChI=1S/C22H25NO6/c1-5-12-29-22(25)16-7-9-17(10-8-16)23-20(24)11-6-15-13-18(26-2)21(28-4)19(14-15)27-3/h6-11,13-14H,5,12H2,1-4H3,(H,23,24)/b11-6+. The molecular weight excluding hydrogens is 374 g/mol. The molecule has 0 radical (unpaired) electrons. The van der Waals surface area contributed by atoms with Crippen molar-refractivity contribution < 1.29 is 28.5 Å². The normalized spacial score (nSPS) is 10.5. The Hall–Kier alpha value is -3.48. The zero-order valence-corrected chi connectivity index (χ0v) is 17.0. The second-order valence-electron chi connectivity index (χ2n) is 5.99. The monoisotopic (exact) mass is 399 g/mol. The summed E-state index contributed by atoms with van der Waals surface area (Å²) in [6.07, 6.45) is 3.79. The highest BCUT2D eigenvalue weighted by Crippen LogP contribution is 2.38. The third kappa shape index (κ3) is 6.00. The molecule has 0 aliphatic heterocycles. The van der Waals surface area contributed by atoms with E-state index in [2.05, 4.69) is 5.32 Å². The van der Waals surface area contributed by atoms with Crippen LogP contribution in [0, 0.1) is 0 Å². The largest absolute Gasteiger partial charge is 0.493 e. The van der Waals surface area contributed by atoms with Crippen LogP contribution in [0.25, 0.3) is 6.08 Å². The van der Waals surface area contributed by atoms with Gasteiger partial charge in [0.2, 0.25) is 11.7 Å². The fourth-order valence-electron chi connectivity index (χ4n) is 2.52. The van der Waals surface area contributed by atoms with Gasteiger partial charge in [0, 0.05) is 11.8 Å². The van der Waals surface area contributed by atoms with Gasteiger partial charge in [-0.25, -0.2) is 4.79 Å². The number of benzene rings is 2. The summed E-state index contributed by atoms with van der Waals surface area (Å²) < 4.78 is 21.0. The molecule has 0 fully saturated rings. The lowest BCUT2D eigenvalue weighted by molar-refractivity contribution is -0.111. The second kappa shape index (κ2) is 10.8. The Balaban J connectivity index is 2.05. The average Bonchev–Trinajstić information content (AvgIpc) is 2.75. The fourth-order valence-corrected chi connectivity index (χ4v) is 2.52. The van der Waals surface area contributed by atoms with Gasteiger partial charge in [-0.3, -0.25) is 4.79 Å². The lowest BCUT2D eigenvalue weighted by Gasteiger charge is -2.12. The second-order valence-corrected chi connectivity index (χ2v) is 5.99. The van der Waals surface area contributed by atoms with Crippen LogP contribution in [0.15, 0.2) is 42.5 Å². The van der Waals surface area contributed by atoms with Gasteiger partial charge in [0.05, 0.1) is 33.5 Å². The number of anilines is 1. The summed E-state index contributed by atoms with van der Waals surface area (Å²) in [7, 11) is 4.58. The van der Waals surface area contributed by atoms with E-state index >= 15 is 0 Å². The van der Waals surface area contributed by atoms with Gasteiger partial charge in [-0.2, -0.15) is 0 Å². The number of nitrogens with one attached hydrogen (secondary N) is 1. The molecule has 1 amide bonds. The van der Waals surface area contributed by atoms with Crippen LogP contribution in [0.4, 0.5) is 5.69 Å². The van der Waals surface area contributed by atoms with Gasteiger partial charge in [0.15, 0.2) is 11.5 Å². The Bertz CT molecular complexity index is 848. The van der Waals surface area contributed by atoms with Crippen LogP contribution < -0.4 is 19.5 Å². The van der Waals surface area contributed by atoms with Crippen LogP contribution in [0.3, 0.4) is 0 Å². The summed E-state index contributed by atoms with van der Waals surface area (Å²) in [5, 5.41) is 2.74. The first-order chi connectivity index (χ1) is 14.0. The molecule has 0 atom stereocenters. The molecule has 0 saturated heterocycles. The van der Waals surface area contributed by atoms with E-state index in [-0.39, 0.29) is 11.9 Å². The van der Waals surface area contributed by atoms with E-state index in [1.165, 1.54) is 27.4 Å². The molecule has 0 aliphatic carbocycles. The van der Waals surface area contributed by atoms with E-state index < -0.39 is 0 Å². The van der Waals surface area contributed by atoms with Crippen molar-refractivity contribution >= 4 is 23.6 Å². The highest BCUT2D eigenvalue weighted by atomic mass is 16.5. The van der Waals surface area contributed by atoms with Crippen molar-refractivity contribution in [3.63, 3.8) is 0 Å². The first-order valence-electron chi connectivity index (χ1n) is 9.08. The van der Waals surface area contributed by atoms with Crippen molar-refractivity contribution in [2.75, 3.05) is 33.3 Å². The number of rotatable bonds is 9. The van der Waals surface area contributed by atoms with Crippen LogP contribution in [-0.4, -0.2) is 39.8 Å². The minimum atomic E-state index is -0.382. The molecule has 1 N–H and O–H groups in total. The third-order valence-electron chi connectivity index (χ3n) is 3.94. The molecule has 0 aromatic heterocycles. The van der Waals surface area contributed by atoms with E-state index in [9.17, 15) is 9.59 Å². The molecule has 0 heterocycles. The summed E-state index contributed by atoms with van der Waals surface area (Å²) in [5.74, 6) is 0.774. The molecule has 2 aromatic rings. The number of carbonyl (C=O) groups excluding carboxylic acids is 2. The van der Waals surface area contributed by atoms with E-state index in [0.29, 0.717) is 40.7 Å². The molecule has 0 unspecified atom stereocenters. The average molecular weight is 399 g/mol. The molecule has 7 nitrogen and oxygen atoms in total. The van der Waals surface area contributed by atoms with Gasteiger partial charge < -0.3 is 24.3 Å². The number of esters is 1. The number of amides is 1. The van der Waals surface area contributed by atoms with Crippen molar-refractivity contribution in [2.45, 2.75) is 13.3 Å². The quantitative estimate of drug-likeness (QED) is 0.508. The Kier molecular flexibility index (Phi) is 8.09. The van der Waals surface area contributed by atoms with Crippen LogP contribution in [0.5, 0.6) is 17.2 Å². The minimum absolute atomic E-state index is 0.319. The first kappa shape index (κ1) is 21.8. The van der Waals surface area contributed by atoms with Crippen LogP contribution in [0.1, 0.15) is 29.3 Å². The van der Waals surface area contributed by atoms with Crippen LogP contribution in [-0.2, 0) is 9.53 Å². The van der Waals surface area contributed by atoms with Gasteiger partial charge in [-0.05, 0) is 54.5 Å². The molecule has 7 heteroatoms. The van der Waals surface area contributed by atoms with E-state index in [4.69, 9.17) is 18.9 Å². The number of methoxy groups -OCH3 is 3. The fraction of sp³-hybridized carbons (Fsp3) is 0.273. The summed E-state index contributed by atoms with van der Waals surface area (Å²) in [6.45, 7) is 2.31. The molecule has 0 saturated carbocycles. The maximum absolute atomic E-state index is 12.2. The summed E-state index contributed by atoms with van der Waals surface area (Å²) in [6, 6.07) is 9.98. The molecule has 2 rings (SSSR count). The Labute approximate surface area is 170 Å². The lowest BCUT2D eigenvalue weighted by atomic mass is 10.1. The first-order valence-corrected chi connectivity index (χ1v) is 9.08. The SMILES string of the molecule is CCCOC(=O)c1ccc(NC(=O)/C=C/c2cc(OC)c(OC)c(OC)c2)cc1. The van der Waals surface area contributed by atoms with E-state index in [1.54, 1.807) is 42.5 Å². The molecule has 154 valence electrons. The zero-order valence-electron chi connectivity index (χ0n) is 17.0. The number of hydrogen-bond donors (Lipinski definition) is 1.